The molecule has 5 nitrogen and oxygen atoms in total. The van der Waals surface area contributed by atoms with Gasteiger partial charge in [-0.3, -0.25) is 4.79 Å². The predicted octanol–water partition coefficient (Wildman–Crippen LogP) is 2.73. The number of nitrogens with zero attached hydrogens (tertiary/aromatic N) is 1. The number of aryl methyl sites for hydroxylation is 1. The van der Waals surface area contributed by atoms with Crippen LogP contribution in [0.15, 0.2) is 39.9 Å². The number of carbonyl (C=O) groups is 1. The molecule has 22 heavy (non-hydrogen) atoms. The molecule has 118 valence electrons. The van der Waals surface area contributed by atoms with E-state index in [1.54, 1.807) is 50.0 Å². The SMILES string of the molecule is CCSc1ccc(C(=O)NCC(C)(O)c2ccc(C)o2)cn1. The highest BCUT2D eigenvalue weighted by atomic mass is 32.2. The molecule has 0 bridgehead atoms. The summed E-state index contributed by atoms with van der Waals surface area (Å²) >= 11 is 1.62. The minimum absolute atomic E-state index is 0.0598. The van der Waals surface area contributed by atoms with Crippen molar-refractivity contribution in [3.8, 4) is 0 Å². The van der Waals surface area contributed by atoms with Crippen LogP contribution in [0.25, 0.3) is 0 Å². The van der Waals surface area contributed by atoms with Gasteiger partial charge in [0.05, 0.1) is 17.1 Å². The van der Waals surface area contributed by atoms with Crippen molar-refractivity contribution in [3.05, 3.63) is 47.5 Å². The summed E-state index contributed by atoms with van der Waals surface area (Å²) in [6.07, 6.45) is 1.54. The van der Waals surface area contributed by atoms with Crippen molar-refractivity contribution in [2.45, 2.75) is 31.4 Å². The van der Waals surface area contributed by atoms with Gasteiger partial charge < -0.3 is 14.8 Å². The van der Waals surface area contributed by atoms with E-state index in [4.69, 9.17) is 4.42 Å². The first-order valence-electron chi connectivity index (χ1n) is 7.08. The number of aromatic nitrogens is 1. The number of hydrogen-bond donors (Lipinski definition) is 2. The first-order chi connectivity index (χ1) is 10.4. The van der Waals surface area contributed by atoms with E-state index in [9.17, 15) is 9.90 Å². The van der Waals surface area contributed by atoms with E-state index < -0.39 is 5.60 Å². The quantitative estimate of drug-likeness (QED) is 0.801. The average Bonchev–Trinajstić information content (AvgIpc) is 2.93. The molecule has 0 fully saturated rings. The molecule has 0 radical (unpaired) electrons. The molecule has 2 N–H and O–H groups in total. The first kappa shape index (κ1) is 16.6. The van der Waals surface area contributed by atoms with Gasteiger partial charge in [-0.2, -0.15) is 0 Å². The van der Waals surface area contributed by atoms with Crippen molar-refractivity contribution in [1.82, 2.24) is 10.3 Å². The molecule has 0 aliphatic carbocycles. The summed E-state index contributed by atoms with van der Waals surface area (Å²) in [6.45, 7) is 5.51. The van der Waals surface area contributed by atoms with Gasteiger partial charge in [0.1, 0.15) is 17.1 Å². The zero-order valence-corrected chi connectivity index (χ0v) is 13.7. The van der Waals surface area contributed by atoms with Gasteiger partial charge in [-0.1, -0.05) is 6.92 Å². The molecule has 6 heteroatoms. The van der Waals surface area contributed by atoms with Crippen molar-refractivity contribution in [3.63, 3.8) is 0 Å². The molecule has 1 unspecified atom stereocenters. The van der Waals surface area contributed by atoms with E-state index in [2.05, 4.69) is 10.3 Å². The molecular weight excluding hydrogens is 300 g/mol. The number of thioether (sulfide) groups is 1. The molecule has 0 spiro atoms. The number of aliphatic hydroxyl groups is 1. The Balaban J connectivity index is 1.97. The summed E-state index contributed by atoms with van der Waals surface area (Å²) in [5.74, 6) is 1.81. The zero-order valence-electron chi connectivity index (χ0n) is 12.9. The van der Waals surface area contributed by atoms with E-state index in [-0.39, 0.29) is 12.5 Å². The number of pyridine rings is 1. The lowest BCUT2D eigenvalue weighted by Crippen LogP contribution is -2.38. The Morgan fingerprint density at radius 1 is 1.41 bits per heavy atom. The van der Waals surface area contributed by atoms with Crippen LogP contribution in [-0.4, -0.2) is 28.3 Å². The first-order valence-corrected chi connectivity index (χ1v) is 8.07. The van der Waals surface area contributed by atoms with Gasteiger partial charge in [-0.25, -0.2) is 4.98 Å². The zero-order chi connectivity index (χ0) is 16.2. The third-order valence-corrected chi connectivity index (χ3v) is 3.98. The number of furan rings is 1. The summed E-state index contributed by atoms with van der Waals surface area (Å²) in [7, 11) is 0. The van der Waals surface area contributed by atoms with Crippen molar-refractivity contribution >= 4 is 17.7 Å². The molecule has 2 heterocycles. The maximum atomic E-state index is 12.1. The topological polar surface area (TPSA) is 75.4 Å². The van der Waals surface area contributed by atoms with Gasteiger partial charge in [0, 0.05) is 6.20 Å². The molecule has 2 aromatic heterocycles. The summed E-state index contributed by atoms with van der Waals surface area (Å²) in [5, 5.41) is 14.0. The van der Waals surface area contributed by atoms with Crippen molar-refractivity contribution < 1.29 is 14.3 Å². The molecule has 0 saturated carbocycles. The molecule has 2 rings (SSSR count). The van der Waals surface area contributed by atoms with E-state index in [1.807, 2.05) is 13.0 Å². The Labute approximate surface area is 134 Å². The summed E-state index contributed by atoms with van der Waals surface area (Å²) in [6, 6.07) is 7.03. The Hall–Kier alpha value is -1.79. The lowest BCUT2D eigenvalue weighted by Gasteiger charge is -2.21. The fourth-order valence-corrected chi connectivity index (χ4v) is 2.50. The van der Waals surface area contributed by atoms with Gasteiger partial charge in [0.15, 0.2) is 0 Å². The number of hydrogen-bond acceptors (Lipinski definition) is 5. The minimum atomic E-state index is -1.25. The predicted molar refractivity (Wildman–Crippen MR) is 86.0 cm³/mol. The number of nitrogens with one attached hydrogen (secondary N) is 1. The Morgan fingerprint density at radius 3 is 2.73 bits per heavy atom. The summed E-state index contributed by atoms with van der Waals surface area (Å²) < 4.78 is 5.41. The second-order valence-corrected chi connectivity index (χ2v) is 6.47. The monoisotopic (exact) mass is 320 g/mol. The number of carbonyl (C=O) groups excluding carboxylic acids is 1. The van der Waals surface area contributed by atoms with Crippen LogP contribution in [0, 0.1) is 6.92 Å². The standard InChI is InChI=1S/C16H20N2O3S/c1-4-22-14-8-6-12(9-17-14)15(19)18-10-16(3,20)13-7-5-11(2)21-13/h5-9,20H,4,10H2,1-3H3,(H,18,19). The Kier molecular flexibility index (Phi) is 5.26. The second-order valence-electron chi connectivity index (χ2n) is 5.18. The molecule has 1 amide bonds. The highest BCUT2D eigenvalue weighted by Gasteiger charge is 2.27. The highest BCUT2D eigenvalue weighted by molar-refractivity contribution is 7.99. The van der Waals surface area contributed by atoms with Crippen LogP contribution in [0.3, 0.4) is 0 Å². The largest absolute Gasteiger partial charge is 0.463 e. The van der Waals surface area contributed by atoms with Gasteiger partial charge in [-0.15, -0.1) is 11.8 Å². The van der Waals surface area contributed by atoms with Crippen LogP contribution in [0.1, 0.15) is 35.7 Å². The van der Waals surface area contributed by atoms with Gasteiger partial charge in [-0.05, 0) is 43.9 Å². The van der Waals surface area contributed by atoms with Crippen molar-refractivity contribution in [2.24, 2.45) is 0 Å². The fourth-order valence-electron chi connectivity index (χ4n) is 1.91. The molecule has 1 atom stereocenters. The molecule has 2 aromatic rings. The summed E-state index contributed by atoms with van der Waals surface area (Å²) in [5.41, 5.74) is -0.790. The van der Waals surface area contributed by atoms with Crippen LogP contribution in [0.5, 0.6) is 0 Å². The van der Waals surface area contributed by atoms with Crippen LogP contribution in [0.4, 0.5) is 0 Å². The Morgan fingerprint density at radius 2 is 2.18 bits per heavy atom. The molecule has 0 saturated heterocycles. The third-order valence-electron chi connectivity index (χ3n) is 3.16. The van der Waals surface area contributed by atoms with Crippen LogP contribution >= 0.6 is 11.8 Å². The van der Waals surface area contributed by atoms with E-state index >= 15 is 0 Å². The van der Waals surface area contributed by atoms with Crippen LogP contribution in [-0.2, 0) is 5.60 Å². The molecule has 0 aromatic carbocycles. The normalized spacial score (nSPS) is 13.6. The lowest BCUT2D eigenvalue weighted by molar-refractivity contribution is 0.0323. The van der Waals surface area contributed by atoms with E-state index in [0.717, 1.165) is 16.5 Å². The maximum absolute atomic E-state index is 12.1. The molecule has 0 aliphatic heterocycles. The number of amides is 1. The van der Waals surface area contributed by atoms with Crippen molar-refractivity contribution in [1.29, 1.82) is 0 Å². The summed E-state index contributed by atoms with van der Waals surface area (Å²) in [4.78, 5) is 16.3. The lowest BCUT2D eigenvalue weighted by atomic mass is 10.0. The third kappa shape index (κ3) is 4.11. The van der Waals surface area contributed by atoms with Gasteiger partial charge in [0.25, 0.3) is 5.91 Å². The van der Waals surface area contributed by atoms with Crippen molar-refractivity contribution in [2.75, 3.05) is 12.3 Å². The smallest absolute Gasteiger partial charge is 0.252 e. The van der Waals surface area contributed by atoms with Gasteiger partial charge >= 0.3 is 0 Å². The van der Waals surface area contributed by atoms with Crippen LogP contribution < -0.4 is 5.32 Å². The fraction of sp³-hybridized carbons (Fsp3) is 0.375. The Bertz CT molecular complexity index is 635. The van der Waals surface area contributed by atoms with E-state index in [0.29, 0.717) is 11.3 Å². The highest BCUT2D eigenvalue weighted by Crippen LogP contribution is 2.22. The van der Waals surface area contributed by atoms with E-state index in [1.165, 1.54) is 0 Å². The molecule has 0 aliphatic rings. The van der Waals surface area contributed by atoms with Crippen LogP contribution in [0.2, 0.25) is 0 Å². The molecular formula is C16H20N2O3S. The maximum Gasteiger partial charge on any atom is 0.252 e. The second kappa shape index (κ2) is 6.98. The average molecular weight is 320 g/mol. The number of rotatable bonds is 6. The minimum Gasteiger partial charge on any atom is -0.463 e. The van der Waals surface area contributed by atoms with Gasteiger partial charge in [0.2, 0.25) is 0 Å².